The van der Waals surface area contributed by atoms with Gasteiger partial charge in [-0.1, -0.05) is 36.4 Å². The van der Waals surface area contributed by atoms with Crippen molar-refractivity contribution in [2.45, 2.75) is 76.9 Å². The van der Waals surface area contributed by atoms with E-state index in [0.717, 1.165) is 42.4 Å². The molecule has 0 radical (unpaired) electrons. The second-order valence-corrected chi connectivity index (χ2v) is 13.7. The monoisotopic (exact) mass is 671 g/mol. The van der Waals surface area contributed by atoms with E-state index < -0.39 is 0 Å². The lowest BCUT2D eigenvalue weighted by Gasteiger charge is -2.51. The number of piperidine rings is 2. The zero-order valence-corrected chi connectivity index (χ0v) is 28.9. The van der Waals surface area contributed by atoms with Crippen LogP contribution in [0.4, 0.5) is 0 Å². The molecule has 3 aromatic rings. The van der Waals surface area contributed by atoms with Crippen LogP contribution in [0.5, 0.6) is 11.5 Å². The Morgan fingerprint density at radius 2 is 1.84 bits per heavy atom. The minimum absolute atomic E-state index is 0.0186. The standard InChI is InChI=1S/C37H49N7O5/c1-24(38)37-40-36(27-9-5-4-6-10-27)41-44(37)23-34(47)42-20-26-18-29(22-42)30-12-7-13-32(45)39-16-8-11-28-17-25(14-15-33(46)43(30)21-26)19-31(48-2)35(28)49-3/h4-6,9-10,17,19,24,26,29-30H,7-8,11-16,18,20-23,38H2,1-3H3,(H,39,45)/t24-,26-,29+,30-/m0/s1. The van der Waals surface area contributed by atoms with Gasteiger partial charge in [0.25, 0.3) is 0 Å². The number of ether oxygens (including phenoxy) is 2. The third-order valence-corrected chi connectivity index (χ3v) is 10.2. The molecule has 3 aliphatic heterocycles. The van der Waals surface area contributed by atoms with Crippen molar-refractivity contribution in [3.63, 3.8) is 0 Å². The minimum Gasteiger partial charge on any atom is -0.493 e. The Labute approximate surface area is 288 Å². The van der Waals surface area contributed by atoms with Gasteiger partial charge in [0.1, 0.15) is 12.4 Å². The predicted molar refractivity (Wildman–Crippen MR) is 185 cm³/mol. The van der Waals surface area contributed by atoms with Gasteiger partial charge in [-0.05, 0) is 74.5 Å². The number of fused-ring (bicyclic) bond motifs is 6. The van der Waals surface area contributed by atoms with Gasteiger partial charge < -0.3 is 30.3 Å². The molecule has 12 nitrogen and oxygen atoms in total. The van der Waals surface area contributed by atoms with Crippen LogP contribution in [0.15, 0.2) is 42.5 Å². The highest BCUT2D eigenvalue weighted by molar-refractivity contribution is 5.78. The molecular formula is C37H49N7O5. The van der Waals surface area contributed by atoms with E-state index >= 15 is 0 Å². The maximum absolute atomic E-state index is 14.0. The first-order valence-corrected chi connectivity index (χ1v) is 17.6. The van der Waals surface area contributed by atoms with Crippen molar-refractivity contribution in [1.82, 2.24) is 29.9 Å². The maximum Gasteiger partial charge on any atom is 0.244 e. The summed E-state index contributed by atoms with van der Waals surface area (Å²) in [5, 5.41) is 7.74. The van der Waals surface area contributed by atoms with E-state index in [-0.39, 0.29) is 48.2 Å². The quantitative estimate of drug-likeness (QED) is 0.405. The number of amides is 3. The molecule has 0 aliphatic carbocycles. The maximum atomic E-state index is 14.0. The van der Waals surface area contributed by atoms with E-state index in [1.807, 2.05) is 48.2 Å². The molecule has 2 fully saturated rings. The number of aryl methyl sites for hydroxylation is 2. The van der Waals surface area contributed by atoms with Crippen LogP contribution in [0.1, 0.15) is 68.4 Å². The summed E-state index contributed by atoms with van der Waals surface area (Å²) in [4.78, 5) is 49.3. The van der Waals surface area contributed by atoms with Gasteiger partial charge in [0.05, 0.1) is 20.3 Å². The number of benzene rings is 2. The first-order valence-electron chi connectivity index (χ1n) is 17.6. The molecule has 3 N–H and O–H groups in total. The molecule has 3 aliphatic rings. The number of methoxy groups -OCH3 is 2. The molecule has 49 heavy (non-hydrogen) atoms. The first-order chi connectivity index (χ1) is 23.7. The van der Waals surface area contributed by atoms with Crippen LogP contribution >= 0.6 is 0 Å². The normalized spacial score (nSPS) is 22.6. The van der Waals surface area contributed by atoms with Gasteiger partial charge in [0, 0.05) is 50.6 Å². The van der Waals surface area contributed by atoms with E-state index in [0.29, 0.717) is 75.0 Å². The lowest BCUT2D eigenvalue weighted by molar-refractivity contribution is -0.146. The summed E-state index contributed by atoms with van der Waals surface area (Å²) >= 11 is 0. The Morgan fingerprint density at radius 3 is 2.59 bits per heavy atom. The van der Waals surface area contributed by atoms with Crippen LogP contribution in [-0.2, 0) is 33.8 Å². The predicted octanol–water partition coefficient (Wildman–Crippen LogP) is 3.52. The summed E-state index contributed by atoms with van der Waals surface area (Å²) in [6.07, 6.45) is 5.23. The second kappa shape index (κ2) is 15.4. The van der Waals surface area contributed by atoms with Crippen LogP contribution in [0.3, 0.4) is 0 Å². The number of carbonyl (C=O) groups excluding carboxylic acids is 3. The van der Waals surface area contributed by atoms with Crippen molar-refractivity contribution in [3.05, 3.63) is 59.4 Å². The number of rotatable bonds is 6. The molecule has 262 valence electrons. The summed E-state index contributed by atoms with van der Waals surface area (Å²) in [5.41, 5.74) is 9.16. The molecule has 3 amide bonds. The van der Waals surface area contributed by atoms with Crippen molar-refractivity contribution in [2.24, 2.45) is 17.6 Å². The Hall–Kier alpha value is -4.45. The number of nitrogens with two attached hydrogens (primary N) is 1. The number of aromatic nitrogens is 3. The number of hydrogen-bond donors (Lipinski definition) is 2. The molecule has 4 bridgehead atoms. The number of likely N-dealkylation sites (tertiary alicyclic amines) is 1. The van der Waals surface area contributed by atoms with Gasteiger partial charge in [0.2, 0.25) is 17.7 Å². The van der Waals surface area contributed by atoms with Crippen molar-refractivity contribution in [2.75, 3.05) is 40.4 Å². The van der Waals surface area contributed by atoms with Crippen molar-refractivity contribution >= 4 is 17.7 Å². The van der Waals surface area contributed by atoms with E-state index in [9.17, 15) is 14.4 Å². The number of hydrogen-bond acceptors (Lipinski definition) is 8. The van der Waals surface area contributed by atoms with Crippen LogP contribution in [0.2, 0.25) is 0 Å². The van der Waals surface area contributed by atoms with Crippen LogP contribution in [0, 0.1) is 11.8 Å². The van der Waals surface area contributed by atoms with Gasteiger partial charge >= 0.3 is 0 Å². The average molecular weight is 672 g/mol. The van der Waals surface area contributed by atoms with Gasteiger partial charge in [-0.25, -0.2) is 9.67 Å². The summed E-state index contributed by atoms with van der Waals surface area (Å²) in [5.74, 6) is 2.86. The average Bonchev–Trinajstić information content (AvgIpc) is 3.53. The summed E-state index contributed by atoms with van der Waals surface area (Å²) in [6, 6.07) is 13.3. The minimum atomic E-state index is -0.390. The molecule has 4 atom stereocenters. The highest BCUT2D eigenvalue weighted by Crippen LogP contribution is 2.37. The van der Waals surface area contributed by atoms with Crippen LogP contribution in [0.25, 0.3) is 11.4 Å². The fourth-order valence-corrected chi connectivity index (χ4v) is 7.85. The van der Waals surface area contributed by atoms with Crippen molar-refractivity contribution < 1.29 is 23.9 Å². The number of nitrogens with zero attached hydrogens (tertiary/aromatic N) is 5. The van der Waals surface area contributed by atoms with Gasteiger partial charge in [-0.2, -0.15) is 5.10 Å². The molecule has 2 saturated heterocycles. The van der Waals surface area contributed by atoms with Crippen LogP contribution in [-0.4, -0.2) is 88.7 Å². The Balaban J connectivity index is 1.19. The summed E-state index contributed by atoms with van der Waals surface area (Å²) < 4.78 is 13.0. The molecule has 2 aromatic carbocycles. The Morgan fingerprint density at radius 1 is 1.02 bits per heavy atom. The fraction of sp³-hybridized carbons (Fsp3) is 0.541. The van der Waals surface area contributed by atoms with Gasteiger partial charge in [0.15, 0.2) is 17.3 Å². The third-order valence-electron chi connectivity index (χ3n) is 10.2. The fourth-order valence-electron chi connectivity index (χ4n) is 7.85. The van der Waals surface area contributed by atoms with Crippen molar-refractivity contribution in [3.8, 4) is 22.9 Å². The van der Waals surface area contributed by atoms with Crippen molar-refractivity contribution in [1.29, 1.82) is 0 Å². The zero-order valence-electron chi connectivity index (χ0n) is 28.9. The van der Waals surface area contributed by atoms with E-state index in [1.165, 1.54) is 0 Å². The smallest absolute Gasteiger partial charge is 0.244 e. The molecule has 12 heteroatoms. The largest absolute Gasteiger partial charge is 0.493 e. The zero-order chi connectivity index (χ0) is 34.5. The lowest BCUT2D eigenvalue weighted by Crippen LogP contribution is -2.60. The molecule has 4 heterocycles. The Bertz CT molecular complexity index is 1640. The molecule has 6 rings (SSSR count). The van der Waals surface area contributed by atoms with Crippen LogP contribution < -0.4 is 20.5 Å². The SMILES string of the molecule is COc1cc2cc(c1OC)CCCNC(=O)CCC[C@H]1[C@@H]3C[C@@H](CN(C(=O)Cn4nc(-c5ccccc5)nc4[C@H](C)N)C3)CN1C(=O)CC2. The first kappa shape index (κ1) is 34.4. The van der Waals surface area contributed by atoms with E-state index in [1.54, 1.807) is 18.9 Å². The molecule has 1 aromatic heterocycles. The highest BCUT2D eigenvalue weighted by atomic mass is 16.5. The molecule has 0 spiro atoms. The topological polar surface area (TPSA) is 145 Å². The van der Waals surface area contributed by atoms with Gasteiger partial charge in [-0.15, -0.1) is 0 Å². The number of nitrogens with one attached hydrogen (secondary N) is 1. The molecule has 0 unspecified atom stereocenters. The van der Waals surface area contributed by atoms with E-state index in [2.05, 4.69) is 26.4 Å². The Kier molecular flexibility index (Phi) is 10.8. The summed E-state index contributed by atoms with van der Waals surface area (Å²) in [7, 11) is 3.26. The lowest BCUT2D eigenvalue weighted by atomic mass is 9.77. The number of carbonyl (C=O) groups is 3. The third kappa shape index (κ3) is 7.90. The van der Waals surface area contributed by atoms with Gasteiger partial charge in [-0.3, -0.25) is 14.4 Å². The molecular weight excluding hydrogens is 622 g/mol. The summed E-state index contributed by atoms with van der Waals surface area (Å²) in [6.45, 7) is 4.21. The van der Waals surface area contributed by atoms with E-state index in [4.69, 9.17) is 15.2 Å². The molecule has 0 saturated carbocycles. The second-order valence-electron chi connectivity index (χ2n) is 13.7. The highest BCUT2D eigenvalue weighted by Gasteiger charge is 2.43.